The van der Waals surface area contributed by atoms with Crippen molar-refractivity contribution in [1.82, 2.24) is 0 Å². The van der Waals surface area contributed by atoms with Crippen molar-refractivity contribution < 1.29 is 9.53 Å². The monoisotopic (exact) mass is 299 g/mol. The van der Waals surface area contributed by atoms with E-state index >= 15 is 0 Å². The zero-order valence-corrected chi connectivity index (χ0v) is 12.7. The predicted octanol–water partition coefficient (Wildman–Crippen LogP) is 3.67. The van der Waals surface area contributed by atoms with Crippen LogP contribution >= 0.6 is 23.4 Å². The molecule has 0 bridgehead atoms. The number of nitrogens with two attached hydrogens (primary N) is 1. The fourth-order valence-electron chi connectivity index (χ4n) is 2.00. The molecule has 0 atom stereocenters. The van der Waals surface area contributed by atoms with Gasteiger partial charge < -0.3 is 10.5 Å². The van der Waals surface area contributed by atoms with Gasteiger partial charge in [0, 0.05) is 10.6 Å². The van der Waals surface area contributed by atoms with E-state index < -0.39 is 0 Å². The van der Waals surface area contributed by atoms with E-state index in [9.17, 15) is 4.79 Å². The maximum Gasteiger partial charge on any atom is 0.306 e. The van der Waals surface area contributed by atoms with Gasteiger partial charge in [-0.05, 0) is 42.9 Å². The summed E-state index contributed by atoms with van der Waals surface area (Å²) in [7, 11) is 1.44. The lowest BCUT2D eigenvalue weighted by atomic mass is 10.1. The number of hydrogen-bond donors (Lipinski definition) is 1. The molecule has 1 aliphatic carbocycles. The van der Waals surface area contributed by atoms with Gasteiger partial charge in [-0.15, -0.1) is 11.8 Å². The number of aryl methyl sites for hydroxylation is 1. The molecule has 104 valence electrons. The highest BCUT2D eigenvalue weighted by atomic mass is 35.5. The Hall–Kier alpha value is -0.870. The van der Waals surface area contributed by atoms with E-state index in [1.807, 2.05) is 19.1 Å². The number of halogens is 1. The molecule has 1 saturated carbocycles. The maximum atomic E-state index is 11.4. The van der Waals surface area contributed by atoms with Crippen molar-refractivity contribution in [3.05, 3.63) is 22.7 Å². The Labute approximate surface area is 122 Å². The Morgan fingerprint density at radius 1 is 1.53 bits per heavy atom. The molecule has 0 radical (unpaired) electrons. The maximum absolute atomic E-state index is 11.4. The molecule has 1 aromatic carbocycles. The van der Waals surface area contributed by atoms with Crippen LogP contribution in [0.4, 0.5) is 5.69 Å². The number of methoxy groups -OCH3 is 1. The van der Waals surface area contributed by atoms with Crippen molar-refractivity contribution in [2.24, 2.45) is 5.41 Å². The number of anilines is 1. The van der Waals surface area contributed by atoms with Crippen LogP contribution in [0.3, 0.4) is 0 Å². The molecule has 1 aromatic rings. The molecular weight excluding hydrogens is 282 g/mol. The topological polar surface area (TPSA) is 52.3 Å². The number of carbonyl (C=O) groups excluding carboxylic acids is 1. The first kappa shape index (κ1) is 14.5. The lowest BCUT2D eigenvalue weighted by Gasteiger charge is -2.14. The largest absolute Gasteiger partial charge is 0.469 e. The van der Waals surface area contributed by atoms with Crippen molar-refractivity contribution in [1.29, 1.82) is 0 Å². The van der Waals surface area contributed by atoms with E-state index in [4.69, 9.17) is 22.1 Å². The fraction of sp³-hybridized carbons (Fsp3) is 0.500. The Bertz CT molecular complexity index is 500. The van der Waals surface area contributed by atoms with Gasteiger partial charge in [-0.2, -0.15) is 0 Å². The van der Waals surface area contributed by atoms with Crippen molar-refractivity contribution >= 4 is 35.0 Å². The van der Waals surface area contributed by atoms with Crippen molar-refractivity contribution in [2.45, 2.75) is 31.1 Å². The first-order valence-corrected chi connectivity index (χ1v) is 7.57. The molecule has 1 aliphatic rings. The van der Waals surface area contributed by atoms with Gasteiger partial charge >= 0.3 is 5.97 Å². The van der Waals surface area contributed by atoms with Gasteiger partial charge in [0.1, 0.15) is 0 Å². The van der Waals surface area contributed by atoms with Gasteiger partial charge in [0.2, 0.25) is 0 Å². The third-order valence-corrected chi connectivity index (χ3v) is 5.37. The molecule has 1 fully saturated rings. The number of carbonyl (C=O) groups is 1. The van der Waals surface area contributed by atoms with Crippen LogP contribution in [0.25, 0.3) is 0 Å². The minimum atomic E-state index is -0.120. The second-order valence-corrected chi connectivity index (χ2v) is 6.61. The fourth-order valence-corrected chi connectivity index (χ4v) is 3.57. The Morgan fingerprint density at radius 3 is 2.79 bits per heavy atom. The molecule has 0 unspecified atom stereocenters. The van der Waals surface area contributed by atoms with E-state index in [1.54, 1.807) is 11.8 Å². The summed E-state index contributed by atoms with van der Waals surface area (Å²) in [5, 5.41) is 0.589. The molecule has 5 heteroatoms. The smallest absolute Gasteiger partial charge is 0.306 e. The lowest BCUT2D eigenvalue weighted by molar-refractivity contribution is -0.141. The van der Waals surface area contributed by atoms with Crippen LogP contribution in [0.5, 0.6) is 0 Å². The highest BCUT2D eigenvalue weighted by molar-refractivity contribution is 7.99. The molecule has 0 aliphatic heterocycles. The normalized spacial score (nSPS) is 16.2. The Kier molecular flexibility index (Phi) is 4.31. The van der Waals surface area contributed by atoms with Crippen molar-refractivity contribution in [3.63, 3.8) is 0 Å². The van der Waals surface area contributed by atoms with Crippen LogP contribution in [0.1, 0.15) is 24.8 Å². The number of esters is 1. The standard InChI is InChI=1S/C14H18ClNO2S/c1-9-5-11(16)10(15)6-12(9)19-8-14(3-4-14)7-13(17)18-2/h5-6H,3-4,7-8,16H2,1-2H3. The number of ether oxygens (including phenoxy) is 1. The van der Waals surface area contributed by atoms with Crippen LogP contribution in [0.15, 0.2) is 17.0 Å². The first-order chi connectivity index (χ1) is 8.96. The minimum absolute atomic E-state index is 0.120. The summed E-state index contributed by atoms with van der Waals surface area (Å²) in [6.45, 7) is 2.02. The third kappa shape index (κ3) is 3.57. The Balaban J connectivity index is 1.99. The van der Waals surface area contributed by atoms with Crippen LogP contribution in [-0.2, 0) is 9.53 Å². The van der Waals surface area contributed by atoms with Crippen LogP contribution in [0.2, 0.25) is 5.02 Å². The molecule has 2 rings (SSSR count). The van der Waals surface area contributed by atoms with Gasteiger partial charge in [0.15, 0.2) is 0 Å². The number of nitrogen functional groups attached to an aromatic ring is 1. The van der Waals surface area contributed by atoms with E-state index in [0.717, 1.165) is 29.1 Å². The predicted molar refractivity (Wildman–Crippen MR) is 79.6 cm³/mol. The highest BCUT2D eigenvalue weighted by Crippen LogP contribution is 2.52. The summed E-state index contributed by atoms with van der Waals surface area (Å²) < 4.78 is 4.75. The highest BCUT2D eigenvalue weighted by Gasteiger charge is 2.44. The number of rotatable bonds is 5. The minimum Gasteiger partial charge on any atom is -0.469 e. The summed E-state index contributed by atoms with van der Waals surface area (Å²) in [6, 6.07) is 3.80. The van der Waals surface area contributed by atoms with Gasteiger partial charge in [-0.1, -0.05) is 11.6 Å². The lowest BCUT2D eigenvalue weighted by Crippen LogP contribution is -2.13. The number of thioether (sulfide) groups is 1. The SMILES string of the molecule is COC(=O)CC1(CSc2cc(Cl)c(N)cc2C)CC1. The summed E-state index contributed by atoms with van der Waals surface area (Å²) in [4.78, 5) is 12.5. The van der Waals surface area contributed by atoms with E-state index in [2.05, 4.69) is 0 Å². The summed E-state index contributed by atoms with van der Waals surface area (Å²) in [5.74, 6) is 0.800. The zero-order valence-electron chi connectivity index (χ0n) is 11.2. The van der Waals surface area contributed by atoms with Gasteiger partial charge in [0.05, 0.1) is 24.2 Å². The van der Waals surface area contributed by atoms with Gasteiger partial charge in [0.25, 0.3) is 0 Å². The van der Waals surface area contributed by atoms with E-state index in [1.165, 1.54) is 7.11 Å². The molecule has 0 amide bonds. The summed E-state index contributed by atoms with van der Waals surface area (Å²) >= 11 is 7.79. The molecule has 0 aromatic heterocycles. The van der Waals surface area contributed by atoms with Crippen molar-refractivity contribution in [2.75, 3.05) is 18.6 Å². The van der Waals surface area contributed by atoms with Crippen LogP contribution in [-0.4, -0.2) is 18.8 Å². The van der Waals surface area contributed by atoms with Crippen LogP contribution in [0, 0.1) is 12.3 Å². The number of hydrogen-bond acceptors (Lipinski definition) is 4. The second kappa shape index (κ2) is 5.63. The summed E-state index contributed by atoms with van der Waals surface area (Å²) in [6.07, 6.45) is 2.70. The second-order valence-electron chi connectivity index (χ2n) is 5.18. The average Bonchev–Trinajstić information content (AvgIpc) is 3.12. The molecule has 0 spiro atoms. The quantitative estimate of drug-likeness (QED) is 0.512. The van der Waals surface area contributed by atoms with E-state index in [-0.39, 0.29) is 11.4 Å². The van der Waals surface area contributed by atoms with Gasteiger partial charge in [-0.25, -0.2) is 0 Å². The van der Waals surface area contributed by atoms with Crippen LogP contribution < -0.4 is 5.73 Å². The zero-order chi connectivity index (χ0) is 14.0. The first-order valence-electron chi connectivity index (χ1n) is 6.21. The molecular formula is C14H18ClNO2S. The molecule has 19 heavy (non-hydrogen) atoms. The third-order valence-electron chi connectivity index (χ3n) is 3.53. The number of benzene rings is 1. The molecule has 0 saturated heterocycles. The molecule has 0 heterocycles. The summed E-state index contributed by atoms with van der Waals surface area (Å²) in [5.41, 5.74) is 7.62. The van der Waals surface area contributed by atoms with Crippen molar-refractivity contribution in [3.8, 4) is 0 Å². The average molecular weight is 300 g/mol. The molecule has 3 nitrogen and oxygen atoms in total. The molecule has 2 N–H and O–H groups in total. The van der Waals surface area contributed by atoms with Gasteiger partial charge in [-0.3, -0.25) is 4.79 Å². The Morgan fingerprint density at radius 2 is 2.21 bits per heavy atom. The van der Waals surface area contributed by atoms with E-state index in [0.29, 0.717) is 17.1 Å².